The van der Waals surface area contributed by atoms with E-state index in [-0.39, 0.29) is 29.5 Å². The van der Waals surface area contributed by atoms with Gasteiger partial charge in [-0.15, -0.1) is 12.4 Å². The van der Waals surface area contributed by atoms with Crippen molar-refractivity contribution >= 4 is 38.1 Å². The van der Waals surface area contributed by atoms with Crippen molar-refractivity contribution in [1.82, 2.24) is 10.0 Å². The van der Waals surface area contributed by atoms with Crippen molar-refractivity contribution in [3.63, 3.8) is 0 Å². The zero-order valence-electron chi connectivity index (χ0n) is 13.0. The van der Waals surface area contributed by atoms with E-state index in [2.05, 4.69) is 14.8 Å². The first-order chi connectivity index (χ1) is 10.1. The van der Waals surface area contributed by atoms with Crippen molar-refractivity contribution in [2.45, 2.75) is 24.0 Å². The highest BCUT2D eigenvalue weighted by atomic mass is 35.5. The van der Waals surface area contributed by atoms with Gasteiger partial charge in [-0.05, 0) is 39.1 Å². The molecule has 7 nitrogen and oxygen atoms in total. The number of sulfonamides is 2. The lowest BCUT2D eigenvalue weighted by Gasteiger charge is -2.12. The third kappa shape index (κ3) is 6.22. The molecule has 0 aliphatic carbocycles. The first-order valence-corrected chi connectivity index (χ1v) is 9.58. The highest BCUT2D eigenvalue weighted by Gasteiger charge is 2.20. The fourth-order valence-corrected chi connectivity index (χ4v) is 3.16. The van der Waals surface area contributed by atoms with Crippen molar-refractivity contribution < 1.29 is 21.2 Å². The molecule has 0 aliphatic heterocycles. The predicted octanol–water partition coefficient (Wildman–Crippen LogP) is 0.895. The Bertz CT molecular complexity index is 724. The number of halogens is 2. The molecular weight excluding hydrogens is 369 g/mol. The van der Waals surface area contributed by atoms with Gasteiger partial charge in [-0.1, -0.05) is 0 Å². The highest BCUT2D eigenvalue weighted by molar-refractivity contribution is 7.93. The Kier molecular flexibility index (Phi) is 8.43. The van der Waals surface area contributed by atoms with E-state index in [1.54, 1.807) is 7.05 Å². The summed E-state index contributed by atoms with van der Waals surface area (Å²) in [5.74, 6) is -0.958. The third-order valence-electron chi connectivity index (χ3n) is 2.79. The van der Waals surface area contributed by atoms with Gasteiger partial charge in [-0.2, -0.15) is 0 Å². The van der Waals surface area contributed by atoms with E-state index in [1.165, 1.54) is 13.8 Å². The molecule has 0 spiro atoms. The SMILES string of the molecule is CNCCNS(=O)(=O)c1ccc(NS(=O)(=O)C(C)C)c(F)c1.Cl. The summed E-state index contributed by atoms with van der Waals surface area (Å²) in [4.78, 5) is -0.270. The van der Waals surface area contributed by atoms with Crippen molar-refractivity contribution in [3.8, 4) is 0 Å². The van der Waals surface area contributed by atoms with E-state index in [4.69, 9.17) is 0 Å². The number of anilines is 1. The summed E-state index contributed by atoms with van der Waals surface area (Å²) in [6, 6.07) is 3.00. The molecule has 1 aromatic carbocycles. The topological polar surface area (TPSA) is 104 Å². The lowest BCUT2D eigenvalue weighted by atomic mass is 10.3. The normalized spacial score (nSPS) is 12.0. The summed E-state index contributed by atoms with van der Waals surface area (Å²) in [5.41, 5.74) is -0.289. The van der Waals surface area contributed by atoms with Gasteiger partial charge in [0.2, 0.25) is 20.0 Å². The van der Waals surface area contributed by atoms with Gasteiger partial charge in [0.25, 0.3) is 0 Å². The van der Waals surface area contributed by atoms with E-state index < -0.39 is 31.1 Å². The first-order valence-electron chi connectivity index (χ1n) is 6.55. The second-order valence-corrected chi connectivity index (χ2v) is 8.84. The van der Waals surface area contributed by atoms with Crippen LogP contribution in [0.2, 0.25) is 0 Å². The van der Waals surface area contributed by atoms with E-state index in [0.717, 1.165) is 18.2 Å². The number of likely N-dealkylation sites (N-methyl/N-ethyl adjacent to an activating group) is 1. The largest absolute Gasteiger partial charge is 0.318 e. The summed E-state index contributed by atoms with van der Waals surface area (Å²) in [6.07, 6.45) is 0. The lowest BCUT2D eigenvalue weighted by molar-refractivity contribution is 0.576. The van der Waals surface area contributed by atoms with Gasteiger partial charge in [0.15, 0.2) is 0 Å². The maximum atomic E-state index is 13.9. The smallest absolute Gasteiger partial charge is 0.240 e. The minimum Gasteiger partial charge on any atom is -0.318 e. The number of rotatable bonds is 8. The van der Waals surface area contributed by atoms with E-state index in [1.807, 2.05) is 0 Å². The van der Waals surface area contributed by atoms with Crippen molar-refractivity contribution in [2.24, 2.45) is 0 Å². The van der Waals surface area contributed by atoms with Gasteiger partial charge in [-0.25, -0.2) is 25.9 Å². The Balaban J connectivity index is 0.00000484. The zero-order valence-corrected chi connectivity index (χ0v) is 15.4. The molecule has 1 rings (SSSR count). The number of benzene rings is 1. The number of hydrogen-bond acceptors (Lipinski definition) is 5. The van der Waals surface area contributed by atoms with Crippen LogP contribution in [0, 0.1) is 5.82 Å². The highest BCUT2D eigenvalue weighted by Crippen LogP contribution is 2.20. The van der Waals surface area contributed by atoms with Crippen molar-refractivity contribution in [1.29, 1.82) is 0 Å². The Hall–Kier alpha value is -0.940. The van der Waals surface area contributed by atoms with E-state index >= 15 is 0 Å². The van der Waals surface area contributed by atoms with Crippen LogP contribution in [0.5, 0.6) is 0 Å². The molecule has 0 unspecified atom stereocenters. The molecule has 0 aromatic heterocycles. The van der Waals surface area contributed by atoms with Crippen LogP contribution in [0.1, 0.15) is 13.8 Å². The van der Waals surface area contributed by atoms with Gasteiger partial charge in [-0.3, -0.25) is 4.72 Å². The molecule has 23 heavy (non-hydrogen) atoms. The standard InChI is InChI=1S/C12H20FN3O4S2.ClH/c1-9(2)21(17,18)16-12-5-4-10(8-11(12)13)22(19,20)15-7-6-14-3;/h4-5,8-9,14-16H,6-7H2,1-3H3;1H. The fourth-order valence-electron chi connectivity index (χ4n) is 1.41. The van der Waals surface area contributed by atoms with Gasteiger partial charge in [0, 0.05) is 13.1 Å². The lowest BCUT2D eigenvalue weighted by Crippen LogP contribution is -2.30. The molecule has 3 N–H and O–H groups in total. The van der Waals surface area contributed by atoms with Crippen LogP contribution in [0.25, 0.3) is 0 Å². The quantitative estimate of drug-likeness (QED) is 0.573. The second-order valence-electron chi connectivity index (χ2n) is 4.84. The summed E-state index contributed by atoms with van der Waals surface area (Å²) < 4.78 is 65.5. The average molecular weight is 390 g/mol. The zero-order chi connectivity index (χ0) is 17.0. The van der Waals surface area contributed by atoms with Crippen molar-refractivity contribution in [3.05, 3.63) is 24.0 Å². The molecule has 0 aliphatic rings. The molecule has 134 valence electrons. The Morgan fingerprint density at radius 1 is 1.13 bits per heavy atom. The van der Waals surface area contributed by atoms with Gasteiger partial charge in [0.05, 0.1) is 15.8 Å². The molecular formula is C12H21ClFN3O4S2. The molecule has 0 saturated carbocycles. The maximum Gasteiger partial charge on any atom is 0.240 e. The van der Waals surface area contributed by atoms with E-state index in [0.29, 0.717) is 6.54 Å². The molecule has 0 atom stereocenters. The molecule has 11 heteroatoms. The minimum atomic E-state index is -3.84. The minimum absolute atomic E-state index is 0. The molecule has 0 fully saturated rings. The van der Waals surface area contributed by atoms with Gasteiger partial charge >= 0.3 is 0 Å². The Labute approximate surface area is 142 Å². The van der Waals surface area contributed by atoms with Crippen LogP contribution >= 0.6 is 12.4 Å². The summed E-state index contributed by atoms with van der Waals surface area (Å²) in [5, 5.41) is 2.03. The van der Waals surface area contributed by atoms with Crippen LogP contribution in [0.15, 0.2) is 23.1 Å². The molecule has 0 heterocycles. The van der Waals surface area contributed by atoms with Gasteiger partial charge < -0.3 is 5.32 Å². The molecule has 0 saturated heterocycles. The second kappa shape index (κ2) is 8.78. The summed E-state index contributed by atoms with van der Waals surface area (Å²) in [7, 11) is -5.87. The summed E-state index contributed by atoms with van der Waals surface area (Å²) in [6.45, 7) is 3.48. The van der Waals surface area contributed by atoms with E-state index in [9.17, 15) is 21.2 Å². The number of nitrogens with one attached hydrogen (secondary N) is 3. The average Bonchev–Trinajstić information content (AvgIpc) is 2.40. The third-order valence-corrected chi connectivity index (χ3v) is 6.00. The van der Waals surface area contributed by atoms with Gasteiger partial charge in [0.1, 0.15) is 5.82 Å². The molecule has 0 radical (unpaired) electrons. The van der Waals surface area contributed by atoms with Crippen molar-refractivity contribution in [2.75, 3.05) is 24.9 Å². The van der Waals surface area contributed by atoms with Crippen LogP contribution in [-0.2, 0) is 20.0 Å². The summed E-state index contributed by atoms with van der Waals surface area (Å²) >= 11 is 0. The number of hydrogen-bond donors (Lipinski definition) is 3. The Morgan fingerprint density at radius 3 is 2.22 bits per heavy atom. The monoisotopic (exact) mass is 389 g/mol. The maximum absolute atomic E-state index is 13.9. The predicted molar refractivity (Wildman–Crippen MR) is 90.4 cm³/mol. The fraction of sp³-hybridized carbons (Fsp3) is 0.500. The van der Waals surface area contributed by atoms with Crippen LogP contribution in [0.4, 0.5) is 10.1 Å². The Morgan fingerprint density at radius 2 is 1.74 bits per heavy atom. The van der Waals surface area contributed by atoms with Crippen LogP contribution in [0.3, 0.4) is 0 Å². The molecule has 0 bridgehead atoms. The first kappa shape index (κ1) is 22.1. The molecule has 1 aromatic rings. The molecule has 0 amide bonds. The van der Waals surface area contributed by atoms with Crippen LogP contribution < -0.4 is 14.8 Å². The van der Waals surface area contributed by atoms with Crippen LogP contribution in [-0.4, -0.2) is 42.2 Å².